The van der Waals surface area contributed by atoms with E-state index in [2.05, 4.69) is 142 Å². The van der Waals surface area contributed by atoms with E-state index in [0.717, 1.165) is 103 Å². The molecule has 6 nitrogen and oxygen atoms in total. The summed E-state index contributed by atoms with van der Waals surface area (Å²) in [4.78, 5) is 38.5. The molecule has 1 unspecified atom stereocenters. The van der Waals surface area contributed by atoms with Crippen LogP contribution in [0.3, 0.4) is 0 Å². The smallest absolute Gasteiger partial charge is 0.306 e. The Kier molecular flexibility index (Phi) is 66.7. The molecule has 0 fully saturated rings. The van der Waals surface area contributed by atoms with Crippen molar-refractivity contribution in [1.29, 1.82) is 0 Å². The van der Waals surface area contributed by atoms with Crippen LogP contribution >= 0.6 is 0 Å². The highest BCUT2D eigenvalue weighted by molar-refractivity contribution is 5.71. The normalized spacial score (nSPS) is 12.9. The van der Waals surface area contributed by atoms with Crippen molar-refractivity contribution in [1.82, 2.24) is 0 Å². The molecule has 0 saturated carbocycles. The summed E-state index contributed by atoms with van der Waals surface area (Å²) in [6.45, 7) is 6.50. The van der Waals surface area contributed by atoms with E-state index >= 15 is 0 Å². The third-order valence-corrected chi connectivity index (χ3v) is 14.9. The van der Waals surface area contributed by atoms with E-state index < -0.39 is 6.10 Å². The third kappa shape index (κ3) is 68.5. The first-order valence-electron chi connectivity index (χ1n) is 35.0. The van der Waals surface area contributed by atoms with Crippen LogP contribution in [-0.2, 0) is 28.6 Å². The van der Waals surface area contributed by atoms with Gasteiger partial charge >= 0.3 is 17.9 Å². The largest absolute Gasteiger partial charge is 0.462 e. The quantitative estimate of drug-likeness (QED) is 0.0261. The van der Waals surface area contributed by atoms with Gasteiger partial charge in [0.05, 0.1) is 0 Å². The van der Waals surface area contributed by atoms with Crippen LogP contribution in [0.1, 0.15) is 329 Å². The molecule has 1 atom stereocenters. The molecule has 0 aliphatic rings. The molecule has 0 aliphatic carbocycles. The molecular weight excluding hydrogens is 1020 g/mol. The van der Waals surface area contributed by atoms with Crippen LogP contribution in [0.5, 0.6) is 0 Å². The minimum atomic E-state index is -0.810. The highest BCUT2D eigenvalue weighted by Gasteiger charge is 2.19. The number of allylic oxidation sites excluding steroid dienone is 20. The zero-order chi connectivity index (χ0) is 59.9. The van der Waals surface area contributed by atoms with Gasteiger partial charge in [-0.1, -0.05) is 296 Å². The summed E-state index contributed by atoms with van der Waals surface area (Å²) in [6.07, 6.45) is 97.8. The van der Waals surface area contributed by atoms with E-state index in [1.165, 1.54) is 180 Å². The van der Waals surface area contributed by atoms with E-state index in [1.54, 1.807) is 0 Å². The minimum absolute atomic E-state index is 0.0995. The molecule has 0 radical (unpaired) electrons. The summed E-state index contributed by atoms with van der Waals surface area (Å²) in [6, 6.07) is 0. The molecule has 0 aromatic heterocycles. The van der Waals surface area contributed by atoms with Crippen molar-refractivity contribution in [2.45, 2.75) is 335 Å². The van der Waals surface area contributed by atoms with Gasteiger partial charge in [0.1, 0.15) is 13.2 Å². The molecule has 0 aromatic carbocycles. The fraction of sp³-hybridized carbons (Fsp3) is 0.701. The third-order valence-electron chi connectivity index (χ3n) is 14.9. The summed E-state index contributed by atoms with van der Waals surface area (Å²) in [7, 11) is 0. The molecule has 83 heavy (non-hydrogen) atoms. The second-order valence-corrected chi connectivity index (χ2v) is 23.1. The Labute approximate surface area is 513 Å². The van der Waals surface area contributed by atoms with Crippen molar-refractivity contribution in [3.63, 3.8) is 0 Å². The van der Waals surface area contributed by atoms with Gasteiger partial charge in [-0.25, -0.2) is 0 Å². The van der Waals surface area contributed by atoms with Crippen LogP contribution in [0.25, 0.3) is 0 Å². The fourth-order valence-electron chi connectivity index (χ4n) is 9.68. The molecule has 0 amide bonds. The minimum Gasteiger partial charge on any atom is -0.462 e. The maximum Gasteiger partial charge on any atom is 0.306 e. The van der Waals surface area contributed by atoms with E-state index in [9.17, 15) is 14.4 Å². The molecule has 0 bridgehead atoms. The molecule has 0 rings (SSSR count). The van der Waals surface area contributed by atoms with Gasteiger partial charge in [0.25, 0.3) is 0 Å². The summed E-state index contributed by atoms with van der Waals surface area (Å²) in [5.41, 5.74) is 0. The monoisotopic (exact) mass is 1150 g/mol. The number of hydrogen-bond acceptors (Lipinski definition) is 6. The number of rotatable bonds is 63. The van der Waals surface area contributed by atoms with Gasteiger partial charge in [-0.15, -0.1) is 0 Å². The van der Waals surface area contributed by atoms with Crippen molar-refractivity contribution >= 4 is 17.9 Å². The number of esters is 3. The second-order valence-electron chi connectivity index (χ2n) is 23.1. The van der Waals surface area contributed by atoms with Crippen molar-refractivity contribution in [2.24, 2.45) is 0 Å². The van der Waals surface area contributed by atoms with Gasteiger partial charge in [0.15, 0.2) is 6.10 Å². The van der Waals surface area contributed by atoms with Crippen molar-refractivity contribution in [3.05, 3.63) is 122 Å². The highest BCUT2D eigenvalue weighted by Crippen LogP contribution is 2.16. The van der Waals surface area contributed by atoms with Crippen molar-refractivity contribution in [2.75, 3.05) is 13.2 Å². The first-order chi connectivity index (χ1) is 41.0. The lowest BCUT2D eigenvalue weighted by atomic mass is 10.0. The van der Waals surface area contributed by atoms with E-state index in [0.29, 0.717) is 19.3 Å². The number of unbranched alkanes of at least 4 members (excludes halogenated alkanes) is 32. The zero-order valence-electron chi connectivity index (χ0n) is 54.4. The lowest BCUT2D eigenvalue weighted by Gasteiger charge is -2.18. The topological polar surface area (TPSA) is 78.9 Å². The van der Waals surface area contributed by atoms with Crippen LogP contribution in [0, 0.1) is 0 Å². The van der Waals surface area contributed by atoms with Gasteiger partial charge in [-0.2, -0.15) is 0 Å². The molecule has 0 aromatic rings. The molecule has 0 aliphatic heterocycles. The predicted molar refractivity (Wildman–Crippen MR) is 362 cm³/mol. The Hall–Kier alpha value is -4.19. The molecular formula is C77H130O6. The average molecular weight is 1150 g/mol. The summed E-state index contributed by atoms with van der Waals surface area (Å²) >= 11 is 0. The standard InChI is InChI=1S/C77H130O6/c1-4-7-10-13-16-19-22-25-28-31-34-37-38-41-43-46-49-52-55-58-61-64-67-70-76(79)82-73-74(83-77(80)71-68-65-62-59-56-53-50-47-44-40-36-33-30-27-24-21-18-15-12-9-6-3)72-81-75(78)69-66-63-60-57-54-51-48-45-42-39-35-32-29-26-23-20-17-14-11-8-5-2/h9,12,18,21-23,25-27,30-32,34-36,40,47,50,56,59,74H,4-8,10-11,13-17,19-20,24,28-29,33,37-39,41-46,48-49,51-55,57-58,60-73H2,1-3H3/b12-9-,21-18-,25-22-,26-23-,30-27-,34-31-,35-32-,40-36-,50-47-,59-56-. The summed E-state index contributed by atoms with van der Waals surface area (Å²) in [5.74, 6) is -0.939. The van der Waals surface area contributed by atoms with Gasteiger partial charge in [-0.05, 0) is 135 Å². The summed E-state index contributed by atoms with van der Waals surface area (Å²) < 4.78 is 17.0. The maximum atomic E-state index is 12.9. The fourth-order valence-corrected chi connectivity index (χ4v) is 9.68. The van der Waals surface area contributed by atoms with E-state index in [-0.39, 0.29) is 37.5 Å². The molecule has 0 N–H and O–H groups in total. The average Bonchev–Trinajstić information content (AvgIpc) is 3.49. The van der Waals surface area contributed by atoms with Crippen molar-refractivity contribution in [3.8, 4) is 0 Å². The van der Waals surface area contributed by atoms with Gasteiger partial charge in [0.2, 0.25) is 0 Å². The van der Waals surface area contributed by atoms with Crippen LogP contribution in [0.15, 0.2) is 122 Å². The lowest BCUT2D eigenvalue weighted by molar-refractivity contribution is -0.167. The summed E-state index contributed by atoms with van der Waals surface area (Å²) in [5, 5.41) is 0. The van der Waals surface area contributed by atoms with E-state index in [4.69, 9.17) is 14.2 Å². The molecule has 6 heteroatoms. The molecule has 474 valence electrons. The van der Waals surface area contributed by atoms with E-state index in [1.807, 2.05) is 0 Å². The van der Waals surface area contributed by atoms with Crippen molar-refractivity contribution < 1.29 is 28.6 Å². The Balaban J connectivity index is 4.46. The number of carbonyl (C=O) groups is 3. The first-order valence-corrected chi connectivity index (χ1v) is 35.0. The first kappa shape index (κ1) is 78.8. The molecule has 0 heterocycles. The zero-order valence-corrected chi connectivity index (χ0v) is 54.4. The number of carbonyl (C=O) groups excluding carboxylic acids is 3. The Morgan fingerprint density at radius 1 is 0.253 bits per heavy atom. The Morgan fingerprint density at radius 3 is 0.759 bits per heavy atom. The predicted octanol–water partition coefficient (Wildman–Crippen LogP) is 24.3. The molecule has 0 spiro atoms. The van der Waals surface area contributed by atoms with Crippen LogP contribution < -0.4 is 0 Å². The maximum absolute atomic E-state index is 12.9. The Bertz CT molecular complexity index is 1700. The molecule has 0 saturated heterocycles. The number of ether oxygens (including phenoxy) is 3. The lowest BCUT2D eigenvalue weighted by Crippen LogP contribution is -2.30. The van der Waals surface area contributed by atoms with Gasteiger partial charge in [0, 0.05) is 19.3 Å². The van der Waals surface area contributed by atoms with Crippen LogP contribution in [0.4, 0.5) is 0 Å². The SMILES string of the molecule is CC/C=C\C/C=C\C/C=C\C/C=C\C/C=C\C/C=C\CCCCC(=O)OC(COC(=O)CCCCCCCCCCC/C=C\C/C=C\CCCCCCC)COC(=O)CCCCCCCCCCCCC/C=C\C/C=C\CCCCCCC. The Morgan fingerprint density at radius 2 is 0.470 bits per heavy atom. The second kappa shape index (κ2) is 70.3. The van der Waals surface area contributed by atoms with Crippen LogP contribution in [-0.4, -0.2) is 37.2 Å². The highest BCUT2D eigenvalue weighted by atomic mass is 16.6. The van der Waals surface area contributed by atoms with Gasteiger partial charge in [-0.3, -0.25) is 14.4 Å². The number of hydrogen-bond donors (Lipinski definition) is 0. The van der Waals surface area contributed by atoms with Gasteiger partial charge < -0.3 is 14.2 Å². The van der Waals surface area contributed by atoms with Crippen LogP contribution in [0.2, 0.25) is 0 Å².